The van der Waals surface area contributed by atoms with Crippen molar-refractivity contribution in [1.82, 2.24) is 10.2 Å². The van der Waals surface area contributed by atoms with E-state index in [-0.39, 0.29) is 18.0 Å². The average molecular weight is 441 g/mol. The second-order valence-corrected chi connectivity index (χ2v) is 7.11. The van der Waals surface area contributed by atoms with Gasteiger partial charge in [0.25, 0.3) is 11.8 Å². The van der Waals surface area contributed by atoms with E-state index < -0.39 is 30.9 Å². The molecule has 3 amide bonds. The van der Waals surface area contributed by atoms with E-state index in [1.807, 2.05) is 32.0 Å². The van der Waals surface area contributed by atoms with Crippen molar-refractivity contribution in [2.45, 2.75) is 13.8 Å². The number of hydrogen-bond donors (Lipinski definition) is 2. The highest BCUT2D eigenvalue weighted by atomic mass is 16.5. The number of carbonyl (C=O) groups is 4. The molecule has 0 aliphatic rings. The molecule has 2 aromatic rings. The van der Waals surface area contributed by atoms with Crippen molar-refractivity contribution in [3.8, 4) is 5.75 Å². The summed E-state index contributed by atoms with van der Waals surface area (Å²) in [5.41, 5.74) is 2.80. The number of rotatable bonds is 9. The molecule has 0 bridgehead atoms. The van der Waals surface area contributed by atoms with Crippen LogP contribution in [0.4, 0.5) is 5.69 Å². The molecule has 0 spiro atoms. The maximum absolute atomic E-state index is 12.3. The van der Waals surface area contributed by atoms with Gasteiger partial charge >= 0.3 is 5.97 Å². The Morgan fingerprint density at radius 3 is 2.28 bits per heavy atom. The lowest BCUT2D eigenvalue weighted by atomic mass is 10.1. The molecule has 2 N–H and O–H groups in total. The number of nitrogens with one attached hydrogen (secondary N) is 2. The summed E-state index contributed by atoms with van der Waals surface area (Å²) >= 11 is 0. The summed E-state index contributed by atoms with van der Waals surface area (Å²) in [6.45, 7) is 2.60. The summed E-state index contributed by atoms with van der Waals surface area (Å²) in [5.74, 6) is -1.84. The van der Waals surface area contributed by atoms with Gasteiger partial charge in [0.15, 0.2) is 6.61 Å². The Balaban J connectivity index is 1.77. The molecule has 2 rings (SSSR count). The zero-order valence-electron chi connectivity index (χ0n) is 18.6. The average Bonchev–Trinajstić information content (AvgIpc) is 2.78. The molecule has 0 atom stereocenters. The minimum absolute atomic E-state index is 0.200. The largest absolute Gasteiger partial charge is 0.496 e. The number of aryl methyl sites for hydroxylation is 2. The fourth-order valence-corrected chi connectivity index (χ4v) is 2.88. The van der Waals surface area contributed by atoms with E-state index in [1.165, 1.54) is 14.2 Å². The molecule has 0 saturated carbocycles. The number of carbonyl (C=O) groups excluding carboxylic acids is 4. The van der Waals surface area contributed by atoms with E-state index in [9.17, 15) is 19.2 Å². The van der Waals surface area contributed by atoms with Crippen LogP contribution >= 0.6 is 0 Å². The monoisotopic (exact) mass is 441 g/mol. The molecule has 0 fully saturated rings. The highest BCUT2D eigenvalue weighted by molar-refractivity contribution is 5.98. The van der Waals surface area contributed by atoms with Gasteiger partial charge in [-0.25, -0.2) is 0 Å². The van der Waals surface area contributed by atoms with Crippen LogP contribution in [0.2, 0.25) is 0 Å². The Labute approximate surface area is 186 Å². The van der Waals surface area contributed by atoms with Crippen LogP contribution in [0.15, 0.2) is 42.5 Å². The van der Waals surface area contributed by atoms with E-state index in [0.29, 0.717) is 11.4 Å². The van der Waals surface area contributed by atoms with Crippen LogP contribution in [0.1, 0.15) is 21.5 Å². The number of likely N-dealkylation sites (N-methyl/N-ethyl adjacent to an activating group) is 1. The normalized spacial score (nSPS) is 10.1. The molecular weight excluding hydrogens is 414 g/mol. The summed E-state index contributed by atoms with van der Waals surface area (Å²) in [6, 6.07) is 12.2. The maximum Gasteiger partial charge on any atom is 0.325 e. The molecule has 32 heavy (non-hydrogen) atoms. The number of esters is 1. The van der Waals surface area contributed by atoms with Gasteiger partial charge in [-0.15, -0.1) is 0 Å². The highest BCUT2D eigenvalue weighted by Crippen LogP contribution is 2.19. The van der Waals surface area contributed by atoms with Gasteiger partial charge in [0.2, 0.25) is 5.91 Å². The summed E-state index contributed by atoms with van der Waals surface area (Å²) < 4.78 is 10.00. The summed E-state index contributed by atoms with van der Waals surface area (Å²) in [4.78, 5) is 49.7. The fourth-order valence-electron chi connectivity index (χ4n) is 2.88. The van der Waals surface area contributed by atoms with Gasteiger partial charge < -0.3 is 25.0 Å². The summed E-state index contributed by atoms with van der Waals surface area (Å²) in [7, 11) is 2.87. The predicted molar refractivity (Wildman–Crippen MR) is 118 cm³/mol. The molecule has 9 nitrogen and oxygen atoms in total. The first kappa shape index (κ1) is 24.4. The third-order valence-electron chi connectivity index (χ3n) is 4.65. The van der Waals surface area contributed by atoms with Crippen LogP contribution in [-0.4, -0.2) is 62.4 Å². The quantitative estimate of drug-likeness (QED) is 0.573. The van der Waals surface area contributed by atoms with Crippen molar-refractivity contribution in [3.05, 3.63) is 59.2 Å². The SMILES string of the molecule is COc1ccccc1C(=O)NCC(=O)OCC(=O)N(C)CC(=O)Nc1c(C)cccc1C. The zero-order valence-corrected chi connectivity index (χ0v) is 18.6. The number of amides is 3. The Hall–Kier alpha value is -3.88. The second kappa shape index (κ2) is 11.5. The topological polar surface area (TPSA) is 114 Å². The molecule has 0 aliphatic carbocycles. The van der Waals surface area contributed by atoms with Crippen LogP contribution in [0.3, 0.4) is 0 Å². The highest BCUT2D eigenvalue weighted by Gasteiger charge is 2.17. The number of anilines is 1. The molecule has 170 valence electrons. The molecule has 0 heterocycles. The molecular formula is C23H27N3O6. The third kappa shape index (κ3) is 6.83. The summed E-state index contributed by atoms with van der Waals surface area (Å²) in [5, 5.41) is 5.20. The molecule has 0 aliphatic heterocycles. The van der Waals surface area contributed by atoms with E-state index >= 15 is 0 Å². The van der Waals surface area contributed by atoms with Gasteiger partial charge in [0.05, 0.1) is 19.2 Å². The predicted octanol–water partition coefficient (Wildman–Crippen LogP) is 1.68. The van der Waals surface area contributed by atoms with Crippen LogP contribution in [0.25, 0.3) is 0 Å². The van der Waals surface area contributed by atoms with Crippen LogP contribution in [0.5, 0.6) is 5.75 Å². The fraction of sp³-hybridized carbons (Fsp3) is 0.304. The molecule has 0 aromatic heterocycles. The lowest BCUT2D eigenvalue weighted by Crippen LogP contribution is -2.38. The number of methoxy groups -OCH3 is 1. The van der Waals surface area contributed by atoms with E-state index in [4.69, 9.17) is 9.47 Å². The van der Waals surface area contributed by atoms with E-state index in [2.05, 4.69) is 10.6 Å². The smallest absolute Gasteiger partial charge is 0.325 e. The Morgan fingerprint density at radius 1 is 0.969 bits per heavy atom. The van der Waals surface area contributed by atoms with Crippen molar-refractivity contribution in [2.75, 3.05) is 39.2 Å². The lowest BCUT2D eigenvalue weighted by molar-refractivity contribution is -0.150. The molecule has 2 aromatic carbocycles. The van der Waals surface area contributed by atoms with Crippen LogP contribution in [0, 0.1) is 13.8 Å². The van der Waals surface area contributed by atoms with Gasteiger partial charge in [0, 0.05) is 12.7 Å². The molecule has 0 saturated heterocycles. The number of nitrogens with zero attached hydrogens (tertiary/aromatic N) is 1. The van der Waals surface area contributed by atoms with Gasteiger partial charge in [-0.2, -0.15) is 0 Å². The number of para-hydroxylation sites is 2. The minimum atomic E-state index is -0.782. The van der Waals surface area contributed by atoms with Crippen molar-refractivity contribution < 1.29 is 28.7 Å². The minimum Gasteiger partial charge on any atom is -0.496 e. The van der Waals surface area contributed by atoms with Crippen molar-refractivity contribution in [2.24, 2.45) is 0 Å². The molecule has 9 heteroatoms. The van der Waals surface area contributed by atoms with Crippen LogP contribution in [-0.2, 0) is 19.1 Å². The van der Waals surface area contributed by atoms with Crippen molar-refractivity contribution in [1.29, 1.82) is 0 Å². The van der Waals surface area contributed by atoms with Gasteiger partial charge in [-0.3, -0.25) is 19.2 Å². The Morgan fingerprint density at radius 2 is 1.62 bits per heavy atom. The van der Waals surface area contributed by atoms with E-state index in [1.54, 1.807) is 24.3 Å². The Kier molecular flexibility index (Phi) is 8.76. The van der Waals surface area contributed by atoms with Gasteiger partial charge in [0.1, 0.15) is 12.3 Å². The van der Waals surface area contributed by atoms with Gasteiger partial charge in [-0.1, -0.05) is 30.3 Å². The zero-order chi connectivity index (χ0) is 23.7. The maximum atomic E-state index is 12.3. The van der Waals surface area contributed by atoms with Crippen LogP contribution < -0.4 is 15.4 Å². The first-order chi connectivity index (χ1) is 15.2. The van der Waals surface area contributed by atoms with E-state index in [0.717, 1.165) is 16.0 Å². The Bertz CT molecular complexity index is 985. The molecule has 0 radical (unpaired) electrons. The number of benzene rings is 2. The number of ether oxygens (including phenoxy) is 2. The third-order valence-corrected chi connectivity index (χ3v) is 4.65. The first-order valence-corrected chi connectivity index (χ1v) is 9.89. The lowest BCUT2D eigenvalue weighted by Gasteiger charge is -2.18. The first-order valence-electron chi connectivity index (χ1n) is 9.89. The number of hydrogen-bond acceptors (Lipinski definition) is 6. The summed E-state index contributed by atoms with van der Waals surface area (Å²) in [6.07, 6.45) is 0. The van der Waals surface area contributed by atoms with Crippen molar-refractivity contribution in [3.63, 3.8) is 0 Å². The second-order valence-electron chi connectivity index (χ2n) is 7.11. The molecule has 0 unspecified atom stereocenters. The standard InChI is InChI=1S/C23H27N3O6/c1-15-8-7-9-16(2)22(15)25-19(27)13-26(3)20(28)14-32-21(29)12-24-23(30)17-10-5-6-11-18(17)31-4/h5-11H,12-14H2,1-4H3,(H,24,30)(H,25,27). The van der Waals surface area contributed by atoms with Crippen molar-refractivity contribution >= 4 is 29.4 Å². The van der Waals surface area contributed by atoms with Gasteiger partial charge in [-0.05, 0) is 37.1 Å².